The van der Waals surface area contributed by atoms with Crippen LogP contribution in [0.3, 0.4) is 0 Å². The zero-order chi connectivity index (χ0) is 9.97. The van der Waals surface area contributed by atoms with E-state index in [9.17, 15) is 0 Å². The number of ether oxygens (including phenoxy) is 1. The van der Waals surface area contributed by atoms with Gasteiger partial charge in [-0.05, 0) is 13.0 Å². The number of rotatable bonds is 3. The SMILES string of the molecule is COCNc1ccnc2cc(C)nn12. The summed E-state index contributed by atoms with van der Waals surface area (Å²) >= 11 is 0. The summed E-state index contributed by atoms with van der Waals surface area (Å²) in [6, 6.07) is 3.79. The largest absolute Gasteiger partial charge is 0.365 e. The molecule has 0 fully saturated rings. The van der Waals surface area contributed by atoms with Crippen LogP contribution in [0.2, 0.25) is 0 Å². The zero-order valence-electron chi connectivity index (χ0n) is 8.19. The van der Waals surface area contributed by atoms with Crippen LogP contribution < -0.4 is 5.32 Å². The third-order valence-electron chi connectivity index (χ3n) is 1.88. The first kappa shape index (κ1) is 8.96. The van der Waals surface area contributed by atoms with Gasteiger partial charge >= 0.3 is 0 Å². The lowest BCUT2D eigenvalue weighted by molar-refractivity contribution is 0.220. The van der Waals surface area contributed by atoms with E-state index < -0.39 is 0 Å². The molecule has 0 bridgehead atoms. The number of nitrogens with one attached hydrogen (secondary N) is 1. The van der Waals surface area contributed by atoms with Gasteiger partial charge in [-0.3, -0.25) is 0 Å². The first-order chi connectivity index (χ1) is 6.81. The third kappa shape index (κ3) is 1.54. The Kier molecular flexibility index (Phi) is 2.32. The van der Waals surface area contributed by atoms with Crippen molar-refractivity contribution in [1.29, 1.82) is 0 Å². The molecule has 0 radical (unpaired) electrons. The molecule has 0 saturated carbocycles. The molecule has 0 aliphatic heterocycles. The van der Waals surface area contributed by atoms with Crippen molar-refractivity contribution in [3.8, 4) is 0 Å². The predicted octanol–water partition coefficient (Wildman–Crippen LogP) is 1.05. The molecule has 0 spiro atoms. The molecular weight excluding hydrogens is 180 g/mol. The predicted molar refractivity (Wildman–Crippen MR) is 53.2 cm³/mol. The van der Waals surface area contributed by atoms with E-state index in [1.54, 1.807) is 17.8 Å². The molecular formula is C9H12N4O. The van der Waals surface area contributed by atoms with Crippen LogP contribution in [0.4, 0.5) is 5.82 Å². The van der Waals surface area contributed by atoms with Crippen molar-refractivity contribution in [3.05, 3.63) is 24.0 Å². The highest BCUT2D eigenvalue weighted by Crippen LogP contribution is 2.09. The maximum Gasteiger partial charge on any atom is 0.157 e. The normalized spacial score (nSPS) is 10.7. The number of nitrogens with zero attached hydrogens (tertiary/aromatic N) is 3. The van der Waals surface area contributed by atoms with Gasteiger partial charge in [0.25, 0.3) is 0 Å². The van der Waals surface area contributed by atoms with E-state index in [1.165, 1.54) is 0 Å². The molecule has 2 heterocycles. The number of anilines is 1. The lowest BCUT2D eigenvalue weighted by atomic mass is 10.5. The van der Waals surface area contributed by atoms with Gasteiger partial charge in [-0.1, -0.05) is 0 Å². The van der Waals surface area contributed by atoms with Crippen LogP contribution in [0, 0.1) is 6.92 Å². The van der Waals surface area contributed by atoms with E-state index in [4.69, 9.17) is 4.74 Å². The number of fused-ring (bicyclic) bond motifs is 1. The van der Waals surface area contributed by atoms with Gasteiger partial charge in [-0.25, -0.2) is 4.98 Å². The summed E-state index contributed by atoms with van der Waals surface area (Å²) in [5, 5.41) is 7.39. The van der Waals surface area contributed by atoms with Crippen molar-refractivity contribution in [3.63, 3.8) is 0 Å². The fourth-order valence-electron chi connectivity index (χ4n) is 1.29. The number of hydrogen-bond donors (Lipinski definition) is 1. The number of aryl methyl sites for hydroxylation is 1. The highest BCUT2D eigenvalue weighted by atomic mass is 16.5. The van der Waals surface area contributed by atoms with Gasteiger partial charge in [0.15, 0.2) is 5.65 Å². The van der Waals surface area contributed by atoms with Crippen molar-refractivity contribution in [2.24, 2.45) is 0 Å². The van der Waals surface area contributed by atoms with E-state index >= 15 is 0 Å². The van der Waals surface area contributed by atoms with Crippen LogP contribution in [-0.4, -0.2) is 28.4 Å². The van der Waals surface area contributed by atoms with Gasteiger partial charge in [0.05, 0.1) is 5.69 Å². The highest BCUT2D eigenvalue weighted by Gasteiger charge is 2.02. The topological polar surface area (TPSA) is 51.5 Å². The summed E-state index contributed by atoms with van der Waals surface area (Å²) in [4.78, 5) is 4.19. The van der Waals surface area contributed by atoms with E-state index in [0.717, 1.165) is 17.2 Å². The van der Waals surface area contributed by atoms with Crippen LogP contribution in [0.5, 0.6) is 0 Å². The molecule has 74 valence electrons. The molecule has 5 nitrogen and oxygen atoms in total. The maximum absolute atomic E-state index is 4.93. The Hall–Kier alpha value is -1.62. The van der Waals surface area contributed by atoms with Gasteiger partial charge in [-0.2, -0.15) is 9.61 Å². The Morgan fingerprint density at radius 2 is 2.43 bits per heavy atom. The molecule has 2 rings (SSSR count). The minimum atomic E-state index is 0.456. The summed E-state index contributed by atoms with van der Waals surface area (Å²) in [6.45, 7) is 2.40. The Labute approximate surface area is 81.7 Å². The van der Waals surface area contributed by atoms with E-state index in [0.29, 0.717) is 6.73 Å². The molecule has 0 atom stereocenters. The molecule has 0 saturated heterocycles. The second-order valence-corrected chi connectivity index (χ2v) is 3.00. The molecule has 0 unspecified atom stereocenters. The minimum absolute atomic E-state index is 0.456. The highest BCUT2D eigenvalue weighted by molar-refractivity contribution is 5.48. The zero-order valence-corrected chi connectivity index (χ0v) is 8.19. The summed E-state index contributed by atoms with van der Waals surface area (Å²) < 4.78 is 6.69. The van der Waals surface area contributed by atoms with Crippen molar-refractivity contribution >= 4 is 11.5 Å². The first-order valence-corrected chi connectivity index (χ1v) is 4.35. The van der Waals surface area contributed by atoms with Crippen molar-refractivity contribution in [2.75, 3.05) is 19.2 Å². The summed E-state index contributed by atoms with van der Waals surface area (Å²) in [6.07, 6.45) is 1.74. The lowest BCUT2D eigenvalue weighted by Crippen LogP contribution is -2.08. The third-order valence-corrected chi connectivity index (χ3v) is 1.88. The second kappa shape index (κ2) is 3.63. The second-order valence-electron chi connectivity index (χ2n) is 3.00. The van der Waals surface area contributed by atoms with Gasteiger partial charge < -0.3 is 10.1 Å². The Morgan fingerprint density at radius 3 is 3.21 bits per heavy atom. The fraction of sp³-hybridized carbons (Fsp3) is 0.333. The molecule has 0 aliphatic carbocycles. The van der Waals surface area contributed by atoms with Gasteiger partial charge in [0.2, 0.25) is 0 Å². The van der Waals surface area contributed by atoms with E-state index in [2.05, 4.69) is 15.4 Å². The van der Waals surface area contributed by atoms with Gasteiger partial charge in [0, 0.05) is 19.4 Å². The maximum atomic E-state index is 4.93. The minimum Gasteiger partial charge on any atom is -0.365 e. The molecule has 0 aliphatic rings. The van der Waals surface area contributed by atoms with Gasteiger partial charge in [0.1, 0.15) is 12.5 Å². The number of hydrogen-bond acceptors (Lipinski definition) is 4. The molecule has 2 aromatic rings. The Bertz CT molecular complexity index is 437. The van der Waals surface area contributed by atoms with Crippen molar-refractivity contribution in [2.45, 2.75) is 6.92 Å². The van der Waals surface area contributed by atoms with Gasteiger partial charge in [-0.15, -0.1) is 0 Å². The van der Waals surface area contributed by atoms with Crippen molar-refractivity contribution in [1.82, 2.24) is 14.6 Å². The molecule has 0 aromatic carbocycles. The molecule has 14 heavy (non-hydrogen) atoms. The standard InChI is InChI=1S/C9H12N4O/c1-7-5-9-10-4-3-8(11-6-14-2)13(9)12-7/h3-5,11H,6H2,1-2H3. The number of aromatic nitrogens is 3. The van der Waals surface area contributed by atoms with Crippen LogP contribution in [-0.2, 0) is 4.74 Å². The van der Waals surface area contributed by atoms with Crippen molar-refractivity contribution < 1.29 is 4.74 Å². The fourth-order valence-corrected chi connectivity index (χ4v) is 1.29. The molecule has 2 aromatic heterocycles. The van der Waals surface area contributed by atoms with Crippen LogP contribution >= 0.6 is 0 Å². The molecule has 1 N–H and O–H groups in total. The van der Waals surface area contributed by atoms with E-state index in [-0.39, 0.29) is 0 Å². The average Bonchev–Trinajstić information content (AvgIpc) is 2.55. The number of methoxy groups -OCH3 is 1. The molecule has 0 amide bonds. The first-order valence-electron chi connectivity index (χ1n) is 4.35. The lowest BCUT2D eigenvalue weighted by Gasteiger charge is -2.05. The summed E-state index contributed by atoms with van der Waals surface area (Å²) in [7, 11) is 1.64. The monoisotopic (exact) mass is 192 g/mol. The van der Waals surface area contributed by atoms with Crippen LogP contribution in [0.25, 0.3) is 5.65 Å². The summed E-state index contributed by atoms with van der Waals surface area (Å²) in [5.74, 6) is 0.880. The Balaban J connectivity index is 2.42. The van der Waals surface area contributed by atoms with E-state index in [1.807, 2.05) is 19.1 Å². The smallest absolute Gasteiger partial charge is 0.157 e. The summed E-state index contributed by atoms with van der Waals surface area (Å²) in [5.41, 5.74) is 1.78. The van der Waals surface area contributed by atoms with Crippen LogP contribution in [0.1, 0.15) is 5.69 Å². The quantitative estimate of drug-likeness (QED) is 0.738. The average molecular weight is 192 g/mol. The van der Waals surface area contributed by atoms with Crippen LogP contribution in [0.15, 0.2) is 18.3 Å². The molecule has 5 heteroatoms. The Morgan fingerprint density at radius 1 is 1.57 bits per heavy atom.